The molecule has 2 heterocycles. The Labute approximate surface area is 237 Å². The summed E-state index contributed by atoms with van der Waals surface area (Å²) in [4.78, 5) is 28.2. The summed E-state index contributed by atoms with van der Waals surface area (Å²) in [5.74, 6) is -0.285. The molecule has 0 saturated carbocycles. The van der Waals surface area contributed by atoms with Crippen molar-refractivity contribution in [1.29, 1.82) is 0 Å². The SMILES string of the molecule is CC.CC.CCCc1c(-c2ccnn2CC)cccc1C(CC)NC(=O)C1CC(O)CN1C(=O)C(C)C(C)C. The molecule has 2 aromatic rings. The second kappa shape index (κ2) is 17.1. The van der Waals surface area contributed by atoms with E-state index in [0.29, 0.717) is 0 Å². The summed E-state index contributed by atoms with van der Waals surface area (Å²) in [6.07, 6.45) is 4.03. The molecule has 2 N–H and O–H groups in total. The first-order valence-electron chi connectivity index (χ1n) is 15.2. The van der Waals surface area contributed by atoms with Crippen LogP contribution in [0.5, 0.6) is 0 Å². The maximum Gasteiger partial charge on any atom is 0.243 e. The molecule has 3 rings (SSSR count). The van der Waals surface area contributed by atoms with Gasteiger partial charge in [-0.25, -0.2) is 0 Å². The summed E-state index contributed by atoms with van der Waals surface area (Å²) in [6.45, 7) is 21.2. The molecule has 4 unspecified atom stereocenters. The van der Waals surface area contributed by atoms with E-state index >= 15 is 0 Å². The number of likely N-dealkylation sites (tertiary alicyclic amines) is 1. The second-order valence-electron chi connectivity index (χ2n) is 10.1. The van der Waals surface area contributed by atoms with Gasteiger partial charge in [0.05, 0.1) is 17.8 Å². The zero-order chi connectivity index (χ0) is 29.7. The number of hydrogen-bond acceptors (Lipinski definition) is 4. The van der Waals surface area contributed by atoms with Crippen LogP contribution in [0.1, 0.15) is 106 Å². The lowest BCUT2D eigenvalue weighted by atomic mass is 9.90. The third-order valence-electron chi connectivity index (χ3n) is 7.36. The normalized spacial score (nSPS) is 18.0. The average Bonchev–Trinajstić information content (AvgIpc) is 3.60. The Hall–Kier alpha value is -2.67. The van der Waals surface area contributed by atoms with Crippen LogP contribution in [0.4, 0.5) is 0 Å². The maximum absolute atomic E-state index is 13.5. The fourth-order valence-electron chi connectivity index (χ4n) is 5.03. The highest BCUT2D eigenvalue weighted by Crippen LogP contribution is 2.32. The summed E-state index contributed by atoms with van der Waals surface area (Å²) in [7, 11) is 0. The number of rotatable bonds is 10. The average molecular weight is 543 g/mol. The lowest BCUT2D eigenvalue weighted by molar-refractivity contribution is -0.142. The number of carbonyl (C=O) groups excluding carboxylic acids is 2. The number of aliphatic hydroxyl groups is 1. The number of hydrogen-bond donors (Lipinski definition) is 2. The van der Waals surface area contributed by atoms with E-state index in [1.807, 2.05) is 71.5 Å². The molecule has 220 valence electrons. The fourth-order valence-corrected chi connectivity index (χ4v) is 5.03. The van der Waals surface area contributed by atoms with Gasteiger partial charge in [-0.2, -0.15) is 5.10 Å². The quantitative estimate of drug-likeness (QED) is 0.364. The number of benzene rings is 1. The highest BCUT2D eigenvalue weighted by Gasteiger charge is 2.41. The lowest BCUT2D eigenvalue weighted by Crippen LogP contribution is -2.48. The summed E-state index contributed by atoms with van der Waals surface area (Å²) in [6, 6.07) is 7.49. The zero-order valence-electron chi connectivity index (χ0n) is 26.1. The summed E-state index contributed by atoms with van der Waals surface area (Å²) in [5.41, 5.74) is 4.56. The first-order chi connectivity index (χ1) is 18.7. The minimum Gasteiger partial charge on any atom is -0.391 e. The van der Waals surface area contributed by atoms with E-state index < -0.39 is 12.1 Å². The highest BCUT2D eigenvalue weighted by molar-refractivity contribution is 5.89. The summed E-state index contributed by atoms with van der Waals surface area (Å²) < 4.78 is 2.00. The van der Waals surface area contributed by atoms with Gasteiger partial charge in [-0.3, -0.25) is 14.3 Å². The van der Waals surface area contributed by atoms with E-state index in [0.717, 1.165) is 42.6 Å². The Morgan fingerprint density at radius 1 is 1.08 bits per heavy atom. The molecule has 7 heteroatoms. The van der Waals surface area contributed by atoms with Gasteiger partial charge < -0.3 is 15.3 Å². The van der Waals surface area contributed by atoms with E-state index in [9.17, 15) is 14.7 Å². The molecule has 1 aromatic carbocycles. The van der Waals surface area contributed by atoms with Crippen LogP contribution < -0.4 is 5.32 Å². The minimum absolute atomic E-state index is 0.0637. The molecule has 0 bridgehead atoms. The fraction of sp³-hybridized carbons (Fsp3) is 0.656. The van der Waals surface area contributed by atoms with Crippen molar-refractivity contribution in [3.05, 3.63) is 41.6 Å². The first kappa shape index (κ1) is 34.4. The molecule has 7 nitrogen and oxygen atoms in total. The van der Waals surface area contributed by atoms with E-state index in [1.54, 1.807) is 4.90 Å². The number of β-amino-alcohol motifs (C(OH)–C–C–N with tert-alkyl or cyclic N) is 1. The summed E-state index contributed by atoms with van der Waals surface area (Å²) in [5, 5.41) is 18.0. The predicted octanol–water partition coefficient (Wildman–Crippen LogP) is 6.40. The van der Waals surface area contributed by atoms with E-state index in [2.05, 4.69) is 43.3 Å². The highest BCUT2D eigenvalue weighted by atomic mass is 16.3. The van der Waals surface area contributed by atoms with Crippen LogP contribution in [0.3, 0.4) is 0 Å². The Kier molecular flexibility index (Phi) is 15.1. The molecule has 4 atom stereocenters. The van der Waals surface area contributed by atoms with Gasteiger partial charge in [-0.15, -0.1) is 0 Å². The number of amides is 2. The number of aromatic nitrogens is 2. The molecule has 0 radical (unpaired) electrons. The molecule has 39 heavy (non-hydrogen) atoms. The largest absolute Gasteiger partial charge is 0.391 e. The van der Waals surface area contributed by atoms with Crippen molar-refractivity contribution in [3.63, 3.8) is 0 Å². The Morgan fingerprint density at radius 2 is 1.74 bits per heavy atom. The Balaban J connectivity index is 0.00000181. The van der Waals surface area contributed by atoms with Crippen LogP contribution in [-0.2, 0) is 22.6 Å². The van der Waals surface area contributed by atoms with Gasteiger partial charge in [-0.1, -0.05) is 86.9 Å². The number of carbonyl (C=O) groups is 2. The maximum atomic E-state index is 13.5. The molecular weight excluding hydrogens is 488 g/mol. The minimum atomic E-state index is -0.678. The topological polar surface area (TPSA) is 87.5 Å². The van der Waals surface area contributed by atoms with Gasteiger partial charge >= 0.3 is 0 Å². The van der Waals surface area contributed by atoms with Gasteiger partial charge in [0.25, 0.3) is 0 Å². The van der Waals surface area contributed by atoms with Crippen LogP contribution in [0.15, 0.2) is 30.5 Å². The Morgan fingerprint density at radius 3 is 2.31 bits per heavy atom. The van der Waals surface area contributed by atoms with Crippen molar-refractivity contribution in [2.75, 3.05) is 6.54 Å². The van der Waals surface area contributed by atoms with Gasteiger partial charge in [0, 0.05) is 37.2 Å². The molecule has 1 saturated heterocycles. The van der Waals surface area contributed by atoms with Crippen molar-refractivity contribution in [2.24, 2.45) is 11.8 Å². The lowest BCUT2D eigenvalue weighted by Gasteiger charge is -2.30. The van der Waals surface area contributed by atoms with Gasteiger partial charge in [0.2, 0.25) is 11.8 Å². The van der Waals surface area contributed by atoms with Crippen molar-refractivity contribution >= 4 is 11.8 Å². The van der Waals surface area contributed by atoms with Gasteiger partial charge in [0.1, 0.15) is 6.04 Å². The van der Waals surface area contributed by atoms with Crippen molar-refractivity contribution in [1.82, 2.24) is 20.0 Å². The predicted molar refractivity (Wildman–Crippen MR) is 161 cm³/mol. The molecule has 0 aliphatic carbocycles. The molecule has 0 spiro atoms. The monoisotopic (exact) mass is 542 g/mol. The van der Waals surface area contributed by atoms with E-state index in [4.69, 9.17) is 0 Å². The third kappa shape index (κ3) is 8.41. The number of aryl methyl sites for hydroxylation is 1. The zero-order valence-corrected chi connectivity index (χ0v) is 26.1. The molecule has 2 amide bonds. The molecule has 1 aliphatic heterocycles. The second-order valence-corrected chi connectivity index (χ2v) is 10.1. The van der Waals surface area contributed by atoms with Crippen LogP contribution in [0.25, 0.3) is 11.3 Å². The van der Waals surface area contributed by atoms with Crippen molar-refractivity contribution < 1.29 is 14.7 Å². The number of nitrogens with zero attached hydrogens (tertiary/aromatic N) is 3. The van der Waals surface area contributed by atoms with Crippen LogP contribution >= 0.6 is 0 Å². The molecular formula is C32H54N4O3. The van der Waals surface area contributed by atoms with Crippen LogP contribution in [0.2, 0.25) is 0 Å². The Bertz CT molecular complexity index is 1020. The van der Waals surface area contributed by atoms with Gasteiger partial charge in [0.15, 0.2) is 0 Å². The van der Waals surface area contributed by atoms with Crippen LogP contribution in [0, 0.1) is 11.8 Å². The number of aliphatic hydroxyl groups excluding tert-OH is 1. The van der Waals surface area contributed by atoms with Gasteiger partial charge in [-0.05, 0) is 42.9 Å². The molecule has 1 aromatic heterocycles. The third-order valence-corrected chi connectivity index (χ3v) is 7.36. The molecule has 1 aliphatic rings. The van der Waals surface area contributed by atoms with Crippen LogP contribution in [-0.4, -0.2) is 50.3 Å². The number of nitrogens with one attached hydrogen (secondary N) is 1. The smallest absolute Gasteiger partial charge is 0.243 e. The van der Waals surface area contributed by atoms with E-state index in [1.165, 1.54) is 5.56 Å². The summed E-state index contributed by atoms with van der Waals surface area (Å²) >= 11 is 0. The van der Waals surface area contributed by atoms with E-state index in [-0.39, 0.29) is 42.7 Å². The van der Waals surface area contributed by atoms with Crippen molar-refractivity contribution in [2.45, 2.75) is 120 Å². The standard InChI is InChI=1S/C28H42N4O3.2C2H6/c1-7-11-21-22(12-10-13-23(21)25-14-15-29-32(25)9-3)24(8-2)30-27(34)26-16-20(33)17-31(26)28(35)19(6)18(4)5;2*1-2/h10,12-15,18-20,24,26,33H,7-9,11,16-17H2,1-6H3,(H,30,34);2*1-2H3. The molecule has 1 fully saturated rings. The first-order valence-corrected chi connectivity index (χ1v) is 15.2. The van der Waals surface area contributed by atoms with Crippen molar-refractivity contribution in [3.8, 4) is 11.3 Å².